The Labute approximate surface area is 123 Å². The number of hydrogen-bond donors (Lipinski definition) is 0. The lowest BCUT2D eigenvalue weighted by Crippen LogP contribution is -2.17. The Kier molecular flexibility index (Phi) is 3.59. The Hall–Kier alpha value is -2.77. The molecule has 3 rings (SSSR count). The molecule has 0 bridgehead atoms. The van der Waals surface area contributed by atoms with Gasteiger partial charge in [0, 0.05) is 12.7 Å². The van der Waals surface area contributed by atoms with Crippen LogP contribution < -0.4 is 4.74 Å². The summed E-state index contributed by atoms with van der Waals surface area (Å²) in [5.74, 6) is 2.82. The zero-order valence-corrected chi connectivity index (χ0v) is 11.7. The number of methoxy groups -OCH3 is 1. The van der Waals surface area contributed by atoms with Crippen LogP contribution in [0.15, 0.2) is 66.5 Å². The molecule has 1 aliphatic rings. The van der Waals surface area contributed by atoms with Gasteiger partial charge in [-0.25, -0.2) is 4.79 Å². The van der Waals surface area contributed by atoms with Gasteiger partial charge in [-0.1, -0.05) is 24.3 Å². The highest BCUT2D eigenvalue weighted by Crippen LogP contribution is 2.23. The second-order valence-electron chi connectivity index (χ2n) is 4.86. The predicted octanol–water partition coefficient (Wildman–Crippen LogP) is 3.45. The lowest BCUT2D eigenvalue weighted by atomic mass is 10.1. The van der Waals surface area contributed by atoms with Gasteiger partial charge < -0.3 is 9.64 Å². The summed E-state index contributed by atoms with van der Waals surface area (Å²) in [6.45, 7) is 0.646. The maximum absolute atomic E-state index is 10.9. The smallest absolute Gasteiger partial charge is 0.150 e. The number of nitrogens with zero attached hydrogens (tertiary/aromatic N) is 1. The van der Waals surface area contributed by atoms with Gasteiger partial charge in [0.05, 0.1) is 7.11 Å². The van der Waals surface area contributed by atoms with Crippen LogP contribution in [0.3, 0.4) is 0 Å². The minimum atomic E-state index is 0.548. The molecule has 0 unspecified atom stereocenters. The molecule has 3 nitrogen and oxygen atoms in total. The van der Waals surface area contributed by atoms with E-state index in [2.05, 4.69) is 18.2 Å². The van der Waals surface area contributed by atoms with E-state index in [-0.39, 0.29) is 0 Å². The van der Waals surface area contributed by atoms with Crippen molar-refractivity contribution in [2.45, 2.75) is 6.54 Å². The van der Waals surface area contributed by atoms with Crippen molar-refractivity contribution < 1.29 is 9.53 Å². The Balaban J connectivity index is 1.89. The quantitative estimate of drug-likeness (QED) is 0.805. The number of hydrogen-bond acceptors (Lipinski definition) is 3. The van der Waals surface area contributed by atoms with Gasteiger partial charge in [-0.2, -0.15) is 0 Å². The number of ether oxygens (including phenoxy) is 1. The lowest BCUT2D eigenvalue weighted by Gasteiger charge is -2.21. The van der Waals surface area contributed by atoms with E-state index in [9.17, 15) is 4.79 Å². The number of fused-ring (bicyclic) bond motifs is 1. The van der Waals surface area contributed by atoms with Gasteiger partial charge in [0.1, 0.15) is 11.4 Å². The Morgan fingerprint density at radius 1 is 1.10 bits per heavy atom. The topological polar surface area (TPSA) is 29.5 Å². The molecule has 0 saturated heterocycles. The Bertz CT molecular complexity index is 783. The maximum Gasteiger partial charge on any atom is 0.150 e. The van der Waals surface area contributed by atoms with Crippen molar-refractivity contribution in [1.82, 2.24) is 4.90 Å². The van der Waals surface area contributed by atoms with E-state index in [0.29, 0.717) is 12.2 Å². The molecule has 2 aromatic rings. The van der Waals surface area contributed by atoms with Crippen LogP contribution in [0.2, 0.25) is 0 Å². The first-order chi connectivity index (χ1) is 10.3. The number of allylic oxidation sites excluding steroid dienone is 3. The van der Waals surface area contributed by atoms with Crippen LogP contribution in [0.4, 0.5) is 0 Å². The zero-order chi connectivity index (χ0) is 14.7. The second kappa shape index (κ2) is 5.70. The molecule has 0 aromatic heterocycles. The molecular formula is C18H15NO2. The van der Waals surface area contributed by atoms with E-state index in [4.69, 9.17) is 4.74 Å². The molecule has 0 atom stereocenters. The number of benzene rings is 2. The SMILES string of the molecule is COc1ccc2cc(CN3C=CC=CC3=C=O)ccc2c1. The normalized spacial score (nSPS) is 13.6. The molecular weight excluding hydrogens is 262 g/mol. The summed E-state index contributed by atoms with van der Waals surface area (Å²) in [6, 6.07) is 12.3. The minimum absolute atomic E-state index is 0.548. The van der Waals surface area contributed by atoms with Crippen molar-refractivity contribution in [2.75, 3.05) is 7.11 Å². The van der Waals surface area contributed by atoms with Crippen molar-refractivity contribution in [3.05, 3.63) is 72.1 Å². The van der Waals surface area contributed by atoms with Crippen LogP contribution in [0.5, 0.6) is 5.75 Å². The van der Waals surface area contributed by atoms with Crippen LogP contribution in [0, 0.1) is 0 Å². The standard InChI is InChI=1S/C18H15NO2/c1-21-18-8-7-15-10-14(5-6-16(15)11-18)12-19-9-3-2-4-17(19)13-20/h2-11H,12H2,1H3. The fraction of sp³-hybridized carbons (Fsp3) is 0.111. The van der Waals surface area contributed by atoms with Gasteiger partial charge in [-0.15, -0.1) is 0 Å². The van der Waals surface area contributed by atoms with E-state index in [1.54, 1.807) is 13.2 Å². The highest BCUT2D eigenvalue weighted by atomic mass is 16.5. The van der Waals surface area contributed by atoms with Crippen molar-refractivity contribution in [3.63, 3.8) is 0 Å². The third-order valence-electron chi connectivity index (χ3n) is 3.51. The first-order valence-electron chi connectivity index (χ1n) is 6.73. The minimum Gasteiger partial charge on any atom is -0.497 e. The average Bonchev–Trinajstić information content (AvgIpc) is 2.55. The fourth-order valence-electron chi connectivity index (χ4n) is 2.40. The van der Waals surface area contributed by atoms with E-state index in [0.717, 1.165) is 22.1 Å². The van der Waals surface area contributed by atoms with Crippen LogP contribution in [0.25, 0.3) is 10.8 Å². The zero-order valence-electron chi connectivity index (χ0n) is 11.7. The first-order valence-corrected chi connectivity index (χ1v) is 6.73. The van der Waals surface area contributed by atoms with Crippen LogP contribution in [-0.4, -0.2) is 18.0 Å². The van der Waals surface area contributed by atoms with Crippen molar-refractivity contribution in [2.24, 2.45) is 0 Å². The molecule has 3 heteroatoms. The van der Waals surface area contributed by atoms with Gasteiger partial charge in [-0.05, 0) is 46.7 Å². The number of carbonyl (C=O) groups excluding carboxylic acids is 1. The third-order valence-corrected chi connectivity index (χ3v) is 3.51. The largest absolute Gasteiger partial charge is 0.497 e. The number of rotatable bonds is 3. The summed E-state index contributed by atoms with van der Waals surface area (Å²) in [5.41, 5.74) is 1.69. The van der Waals surface area contributed by atoms with Crippen LogP contribution in [0.1, 0.15) is 5.56 Å². The molecule has 0 saturated carbocycles. The third kappa shape index (κ3) is 2.73. The highest BCUT2D eigenvalue weighted by Gasteiger charge is 2.09. The van der Waals surface area contributed by atoms with Gasteiger partial charge >= 0.3 is 0 Å². The Morgan fingerprint density at radius 3 is 2.71 bits per heavy atom. The molecule has 0 spiro atoms. The summed E-state index contributed by atoms with van der Waals surface area (Å²) in [5, 5.41) is 2.29. The maximum atomic E-state index is 10.9. The second-order valence-corrected chi connectivity index (χ2v) is 4.86. The molecule has 0 radical (unpaired) electrons. The van der Waals surface area contributed by atoms with Gasteiger partial charge in [0.15, 0.2) is 5.94 Å². The predicted molar refractivity (Wildman–Crippen MR) is 83.5 cm³/mol. The van der Waals surface area contributed by atoms with E-state index < -0.39 is 0 Å². The van der Waals surface area contributed by atoms with E-state index >= 15 is 0 Å². The fourth-order valence-corrected chi connectivity index (χ4v) is 2.40. The molecule has 0 fully saturated rings. The highest BCUT2D eigenvalue weighted by molar-refractivity contribution is 5.84. The van der Waals surface area contributed by atoms with Crippen LogP contribution >= 0.6 is 0 Å². The summed E-state index contributed by atoms with van der Waals surface area (Å²) in [7, 11) is 1.67. The molecule has 1 heterocycles. The Morgan fingerprint density at radius 2 is 1.90 bits per heavy atom. The molecule has 1 aliphatic heterocycles. The molecule has 104 valence electrons. The summed E-state index contributed by atoms with van der Waals surface area (Å²) >= 11 is 0. The first kappa shape index (κ1) is 13.2. The van der Waals surface area contributed by atoms with Crippen molar-refractivity contribution in [3.8, 4) is 5.75 Å². The van der Waals surface area contributed by atoms with Gasteiger partial charge in [-0.3, -0.25) is 0 Å². The van der Waals surface area contributed by atoms with Crippen molar-refractivity contribution >= 4 is 16.7 Å². The van der Waals surface area contributed by atoms with Gasteiger partial charge in [0.2, 0.25) is 0 Å². The molecule has 0 aliphatic carbocycles. The van der Waals surface area contributed by atoms with E-state index in [1.807, 2.05) is 47.4 Å². The summed E-state index contributed by atoms with van der Waals surface area (Å²) in [4.78, 5) is 12.8. The van der Waals surface area contributed by atoms with Crippen molar-refractivity contribution in [1.29, 1.82) is 0 Å². The molecule has 2 aromatic carbocycles. The molecule has 0 N–H and O–H groups in total. The van der Waals surface area contributed by atoms with Crippen LogP contribution in [-0.2, 0) is 11.3 Å². The average molecular weight is 277 g/mol. The monoisotopic (exact) mass is 277 g/mol. The lowest BCUT2D eigenvalue weighted by molar-refractivity contribution is 0.415. The molecule has 21 heavy (non-hydrogen) atoms. The summed E-state index contributed by atoms with van der Waals surface area (Å²) in [6.07, 6.45) is 7.40. The summed E-state index contributed by atoms with van der Waals surface area (Å²) < 4.78 is 5.23. The van der Waals surface area contributed by atoms with E-state index in [1.165, 1.54) is 0 Å². The molecule has 0 amide bonds. The van der Waals surface area contributed by atoms with Gasteiger partial charge in [0.25, 0.3) is 0 Å².